The van der Waals surface area contributed by atoms with E-state index in [-0.39, 0.29) is 11.9 Å². The van der Waals surface area contributed by atoms with Gasteiger partial charge in [0.05, 0.1) is 17.9 Å². The molecule has 0 radical (unpaired) electrons. The van der Waals surface area contributed by atoms with Crippen LogP contribution in [0.4, 0.5) is 10.1 Å². The Bertz CT molecular complexity index is 519. The van der Waals surface area contributed by atoms with Crippen LogP contribution in [0.3, 0.4) is 0 Å². The van der Waals surface area contributed by atoms with Gasteiger partial charge in [-0.2, -0.15) is 5.10 Å². The summed E-state index contributed by atoms with van der Waals surface area (Å²) in [5.41, 5.74) is 1.52. The van der Waals surface area contributed by atoms with Gasteiger partial charge >= 0.3 is 0 Å². The summed E-state index contributed by atoms with van der Waals surface area (Å²) >= 11 is 3.34. The molecule has 18 heavy (non-hydrogen) atoms. The Morgan fingerprint density at radius 1 is 1.50 bits per heavy atom. The van der Waals surface area contributed by atoms with E-state index in [1.807, 2.05) is 30.8 Å². The summed E-state index contributed by atoms with van der Waals surface area (Å²) in [6.45, 7) is 4.84. The fourth-order valence-electron chi connectivity index (χ4n) is 1.71. The van der Waals surface area contributed by atoms with Crippen molar-refractivity contribution >= 4 is 21.6 Å². The van der Waals surface area contributed by atoms with Crippen molar-refractivity contribution in [2.45, 2.75) is 26.4 Å². The third-order valence-corrected chi connectivity index (χ3v) is 3.46. The first kappa shape index (κ1) is 13.1. The van der Waals surface area contributed by atoms with Crippen LogP contribution in [0.25, 0.3) is 0 Å². The van der Waals surface area contributed by atoms with E-state index in [9.17, 15) is 4.39 Å². The zero-order chi connectivity index (χ0) is 13.1. The Kier molecular flexibility index (Phi) is 4.01. The van der Waals surface area contributed by atoms with Crippen LogP contribution in [-0.2, 0) is 6.54 Å². The van der Waals surface area contributed by atoms with Gasteiger partial charge in [-0.25, -0.2) is 4.39 Å². The number of hydrogen-bond acceptors (Lipinski definition) is 2. The van der Waals surface area contributed by atoms with Gasteiger partial charge in [-0.1, -0.05) is 6.07 Å². The predicted molar refractivity (Wildman–Crippen MR) is 74.0 cm³/mol. The molecule has 0 aliphatic heterocycles. The molecule has 96 valence electrons. The van der Waals surface area contributed by atoms with Crippen LogP contribution in [0.15, 0.2) is 35.1 Å². The third kappa shape index (κ3) is 2.72. The molecule has 0 saturated heterocycles. The van der Waals surface area contributed by atoms with Gasteiger partial charge < -0.3 is 5.32 Å². The molecule has 2 rings (SSSR count). The molecular weight excluding hydrogens is 297 g/mol. The van der Waals surface area contributed by atoms with Crippen molar-refractivity contribution in [1.29, 1.82) is 0 Å². The normalized spacial score (nSPS) is 12.4. The first-order valence-electron chi connectivity index (χ1n) is 5.84. The molecule has 1 aromatic carbocycles. The molecule has 3 nitrogen and oxygen atoms in total. The van der Waals surface area contributed by atoms with E-state index in [1.165, 1.54) is 6.07 Å². The van der Waals surface area contributed by atoms with Crippen LogP contribution in [0.2, 0.25) is 0 Å². The van der Waals surface area contributed by atoms with E-state index in [0.29, 0.717) is 5.69 Å². The van der Waals surface area contributed by atoms with Crippen molar-refractivity contribution in [2.24, 2.45) is 0 Å². The summed E-state index contributed by atoms with van der Waals surface area (Å²) < 4.78 is 16.3. The summed E-state index contributed by atoms with van der Waals surface area (Å²) in [7, 11) is 0. The molecule has 1 aromatic heterocycles. The van der Waals surface area contributed by atoms with Crippen LogP contribution in [0, 0.1) is 5.82 Å². The van der Waals surface area contributed by atoms with E-state index in [2.05, 4.69) is 26.3 Å². The summed E-state index contributed by atoms with van der Waals surface area (Å²) in [5.74, 6) is -0.265. The van der Waals surface area contributed by atoms with Crippen LogP contribution < -0.4 is 5.32 Å². The quantitative estimate of drug-likeness (QED) is 0.925. The van der Waals surface area contributed by atoms with E-state index in [1.54, 1.807) is 12.3 Å². The second-order valence-electron chi connectivity index (χ2n) is 4.09. The summed E-state index contributed by atoms with van der Waals surface area (Å²) in [6, 6.07) is 4.92. The van der Waals surface area contributed by atoms with Gasteiger partial charge in [-0.15, -0.1) is 0 Å². The zero-order valence-corrected chi connectivity index (χ0v) is 11.9. The van der Waals surface area contributed by atoms with Crippen LogP contribution >= 0.6 is 15.9 Å². The fraction of sp³-hybridized carbons (Fsp3) is 0.308. The molecule has 0 fully saturated rings. The number of aromatic nitrogens is 2. The minimum absolute atomic E-state index is 0.00139. The Morgan fingerprint density at radius 3 is 2.89 bits per heavy atom. The molecule has 0 aliphatic carbocycles. The van der Waals surface area contributed by atoms with Crippen molar-refractivity contribution in [3.05, 3.63) is 46.4 Å². The number of benzene rings is 1. The molecule has 0 aliphatic rings. The molecule has 1 heterocycles. The van der Waals surface area contributed by atoms with E-state index < -0.39 is 0 Å². The molecule has 0 saturated carbocycles. The van der Waals surface area contributed by atoms with Crippen LogP contribution in [0.1, 0.15) is 25.5 Å². The summed E-state index contributed by atoms with van der Waals surface area (Å²) in [5, 5.41) is 7.37. The second kappa shape index (κ2) is 5.52. The first-order chi connectivity index (χ1) is 8.61. The Labute approximate surface area is 114 Å². The van der Waals surface area contributed by atoms with Gasteiger partial charge in [0.1, 0.15) is 5.82 Å². The van der Waals surface area contributed by atoms with Gasteiger partial charge in [0.25, 0.3) is 0 Å². The average Bonchev–Trinajstić information content (AvgIpc) is 2.82. The van der Waals surface area contributed by atoms with Crippen molar-refractivity contribution in [1.82, 2.24) is 9.78 Å². The maximum Gasteiger partial charge on any atom is 0.147 e. The average molecular weight is 312 g/mol. The maximum atomic E-state index is 13.7. The molecule has 1 N–H and O–H groups in total. The molecule has 1 atom stereocenters. The lowest BCUT2D eigenvalue weighted by Crippen LogP contribution is -2.08. The highest BCUT2D eigenvalue weighted by Gasteiger charge is 2.12. The molecule has 1 unspecified atom stereocenters. The van der Waals surface area contributed by atoms with E-state index in [4.69, 9.17) is 0 Å². The minimum Gasteiger partial charge on any atom is -0.375 e. The first-order valence-corrected chi connectivity index (χ1v) is 6.64. The number of nitrogens with zero attached hydrogens (tertiary/aromatic N) is 2. The van der Waals surface area contributed by atoms with Gasteiger partial charge in [-0.3, -0.25) is 4.68 Å². The maximum absolute atomic E-state index is 13.7. The van der Waals surface area contributed by atoms with Gasteiger partial charge in [0, 0.05) is 22.8 Å². The summed E-state index contributed by atoms with van der Waals surface area (Å²) in [4.78, 5) is 0. The summed E-state index contributed by atoms with van der Waals surface area (Å²) in [6.07, 6.45) is 3.77. The highest BCUT2D eigenvalue weighted by Crippen LogP contribution is 2.28. The molecule has 0 bridgehead atoms. The van der Waals surface area contributed by atoms with Crippen LogP contribution in [-0.4, -0.2) is 9.78 Å². The topological polar surface area (TPSA) is 29.9 Å². The Hall–Kier alpha value is -1.36. The third-order valence-electron chi connectivity index (χ3n) is 2.80. The fourth-order valence-corrected chi connectivity index (χ4v) is 2.17. The lowest BCUT2D eigenvalue weighted by atomic mass is 10.2. The van der Waals surface area contributed by atoms with E-state index >= 15 is 0 Å². The van der Waals surface area contributed by atoms with Crippen LogP contribution in [0.5, 0.6) is 0 Å². The molecule has 2 aromatic rings. The number of aryl methyl sites for hydroxylation is 1. The number of nitrogens with one attached hydrogen (secondary N) is 1. The number of para-hydroxylation sites is 1. The van der Waals surface area contributed by atoms with Crippen molar-refractivity contribution in [3.63, 3.8) is 0 Å². The number of rotatable bonds is 4. The SMILES string of the molecule is CCn1cc(C(C)Nc2c(F)cccc2Br)cn1. The van der Waals surface area contributed by atoms with Gasteiger partial charge in [0.15, 0.2) is 0 Å². The zero-order valence-electron chi connectivity index (χ0n) is 10.3. The van der Waals surface area contributed by atoms with Crippen molar-refractivity contribution in [2.75, 3.05) is 5.32 Å². The molecule has 0 amide bonds. The predicted octanol–water partition coefficient (Wildman–Crippen LogP) is 3.98. The molecular formula is C13H15BrFN3. The minimum atomic E-state index is -0.265. The smallest absolute Gasteiger partial charge is 0.147 e. The Balaban J connectivity index is 2.18. The second-order valence-corrected chi connectivity index (χ2v) is 4.95. The Morgan fingerprint density at radius 2 is 2.28 bits per heavy atom. The van der Waals surface area contributed by atoms with E-state index in [0.717, 1.165) is 16.6 Å². The number of hydrogen-bond donors (Lipinski definition) is 1. The monoisotopic (exact) mass is 311 g/mol. The largest absolute Gasteiger partial charge is 0.375 e. The van der Waals surface area contributed by atoms with Crippen molar-refractivity contribution < 1.29 is 4.39 Å². The molecule has 5 heteroatoms. The number of halogens is 2. The highest BCUT2D eigenvalue weighted by molar-refractivity contribution is 9.10. The lowest BCUT2D eigenvalue weighted by Gasteiger charge is -2.15. The van der Waals surface area contributed by atoms with Crippen molar-refractivity contribution in [3.8, 4) is 0 Å². The number of anilines is 1. The molecule has 0 spiro atoms. The lowest BCUT2D eigenvalue weighted by molar-refractivity contribution is 0.626. The standard InChI is InChI=1S/C13H15BrFN3/c1-3-18-8-10(7-16-18)9(2)17-13-11(14)5-4-6-12(13)15/h4-9,17H,3H2,1-2H3. The highest BCUT2D eigenvalue weighted by atomic mass is 79.9. The van der Waals surface area contributed by atoms with Gasteiger partial charge in [0.2, 0.25) is 0 Å². The van der Waals surface area contributed by atoms with Gasteiger partial charge in [-0.05, 0) is 41.9 Å².